The van der Waals surface area contributed by atoms with E-state index in [4.69, 9.17) is 5.11 Å². The quantitative estimate of drug-likeness (QED) is 0.668. The van der Waals surface area contributed by atoms with Gasteiger partial charge in [-0.3, -0.25) is 14.8 Å². The van der Waals surface area contributed by atoms with Gasteiger partial charge in [0.1, 0.15) is 17.1 Å². The number of benzene rings is 1. The summed E-state index contributed by atoms with van der Waals surface area (Å²) in [5, 5.41) is 21.5. The molecule has 1 saturated heterocycles. The zero-order valence-electron chi connectivity index (χ0n) is 16.3. The van der Waals surface area contributed by atoms with Gasteiger partial charge < -0.3 is 20.6 Å². The van der Waals surface area contributed by atoms with Crippen LogP contribution >= 0.6 is 0 Å². The zero-order chi connectivity index (χ0) is 22.8. The molecular weight excluding hydrogens is 417 g/mol. The third kappa shape index (κ3) is 4.93. The van der Waals surface area contributed by atoms with Crippen molar-refractivity contribution in [2.75, 3.05) is 18.0 Å². The van der Waals surface area contributed by atoms with Crippen LogP contribution in [0.25, 0.3) is 11.0 Å². The first-order chi connectivity index (χ1) is 14.6. The highest BCUT2D eigenvalue weighted by molar-refractivity contribution is 5.92. The molecule has 3 rings (SSSR count). The number of amides is 2. The molecule has 164 valence electrons. The molecule has 3 N–H and O–H groups in total. The maximum atomic E-state index is 13.1. The van der Waals surface area contributed by atoms with Crippen LogP contribution in [-0.2, 0) is 4.79 Å². The second kappa shape index (κ2) is 8.63. The minimum absolute atomic E-state index is 0.0122. The number of fused-ring (bicyclic) bond motifs is 1. The Labute approximate surface area is 174 Å². The molecule has 9 nitrogen and oxygen atoms in total. The van der Waals surface area contributed by atoms with Crippen molar-refractivity contribution in [3.05, 3.63) is 30.1 Å². The van der Waals surface area contributed by atoms with E-state index < -0.39 is 30.3 Å². The Bertz CT molecular complexity index is 1040. The molecule has 0 radical (unpaired) electrons. The average Bonchev–Trinajstić information content (AvgIpc) is 2.69. The Morgan fingerprint density at radius 1 is 1.26 bits per heavy atom. The van der Waals surface area contributed by atoms with Crippen LogP contribution in [0.4, 0.5) is 23.7 Å². The predicted molar refractivity (Wildman–Crippen MR) is 103 cm³/mol. The normalized spacial score (nSPS) is 20.0. The number of carbonyl (C=O) groups is 2. The van der Waals surface area contributed by atoms with Crippen molar-refractivity contribution in [3.63, 3.8) is 0 Å². The summed E-state index contributed by atoms with van der Waals surface area (Å²) >= 11 is 0. The smallest absolute Gasteiger partial charge is 0.417 e. The van der Waals surface area contributed by atoms with E-state index >= 15 is 0 Å². The highest BCUT2D eigenvalue weighted by atomic mass is 19.4. The minimum Gasteiger partial charge on any atom is -0.465 e. The van der Waals surface area contributed by atoms with Crippen molar-refractivity contribution in [2.45, 2.75) is 31.6 Å². The van der Waals surface area contributed by atoms with Gasteiger partial charge in [-0.1, -0.05) is 6.92 Å². The number of rotatable bonds is 4. The van der Waals surface area contributed by atoms with Crippen molar-refractivity contribution in [1.82, 2.24) is 20.6 Å². The van der Waals surface area contributed by atoms with Crippen molar-refractivity contribution in [2.24, 2.45) is 5.92 Å². The maximum Gasteiger partial charge on any atom is 0.417 e. The molecule has 1 unspecified atom stereocenters. The Morgan fingerprint density at radius 3 is 2.55 bits per heavy atom. The number of carbonyl (C=O) groups excluding carboxylic acids is 1. The molecule has 2 aromatic rings. The number of nitrogens with one attached hydrogen (secondary N) is 2. The van der Waals surface area contributed by atoms with Gasteiger partial charge in [-0.25, -0.2) is 4.79 Å². The fraction of sp³-hybridized carbons (Fsp3) is 0.421. The molecular formula is C19H19F3N6O3. The lowest BCUT2D eigenvalue weighted by molar-refractivity contribution is -0.167. The molecule has 1 fully saturated rings. The number of hydrogen-bond donors (Lipinski definition) is 3. The zero-order valence-corrected chi connectivity index (χ0v) is 16.3. The maximum absolute atomic E-state index is 13.1. The summed E-state index contributed by atoms with van der Waals surface area (Å²) in [6, 6.07) is 1.81. The monoisotopic (exact) mass is 436 g/mol. The van der Waals surface area contributed by atoms with Gasteiger partial charge in [0, 0.05) is 31.5 Å². The molecule has 1 aliphatic rings. The fourth-order valence-electron chi connectivity index (χ4n) is 3.74. The van der Waals surface area contributed by atoms with Gasteiger partial charge >= 0.3 is 12.3 Å². The van der Waals surface area contributed by atoms with Crippen molar-refractivity contribution < 1.29 is 27.9 Å². The summed E-state index contributed by atoms with van der Waals surface area (Å²) < 4.78 is 39.3. The average molecular weight is 436 g/mol. The Balaban J connectivity index is 1.84. The number of aromatic nitrogens is 2. The SMILES string of the molecule is C[C@H]1C[C@@H](NC(=O)C(NC(=O)O)C(F)(F)F)CN(c2ccc(C#N)c3nccnc23)C1. The van der Waals surface area contributed by atoms with Crippen LogP contribution in [0, 0.1) is 17.2 Å². The largest absolute Gasteiger partial charge is 0.465 e. The molecule has 2 heterocycles. The van der Waals surface area contributed by atoms with Crippen molar-refractivity contribution in [1.29, 1.82) is 5.26 Å². The van der Waals surface area contributed by atoms with E-state index in [2.05, 4.69) is 15.3 Å². The lowest BCUT2D eigenvalue weighted by Gasteiger charge is -2.39. The Morgan fingerprint density at radius 2 is 1.94 bits per heavy atom. The van der Waals surface area contributed by atoms with Crippen LogP contribution in [0.5, 0.6) is 0 Å². The lowest BCUT2D eigenvalue weighted by Crippen LogP contribution is -2.59. The van der Waals surface area contributed by atoms with E-state index in [-0.39, 0.29) is 12.5 Å². The topological polar surface area (TPSA) is 131 Å². The minimum atomic E-state index is -5.07. The third-order valence-electron chi connectivity index (χ3n) is 4.93. The lowest BCUT2D eigenvalue weighted by atomic mass is 9.94. The van der Waals surface area contributed by atoms with Crippen LogP contribution < -0.4 is 15.5 Å². The first kappa shape index (κ1) is 22.1. The van der Waals surface area contributed by atoms with Gasteiger partial charge in [-0.2, -0.15) is 18.4 Å². The number of alkyl halides is 3. The Hall–Kier alpha value is -3.62. The number of nitriles is 1. The molecule has 0 saturated carbocycles. The number of anilines is 1. The highest BCUT2D eigenvalue weighted by Crippen LogP contribution is 2.30. The fourth-order valence-corrected chi connectivity index (χ4v) is 3.74. The van der Waals surface area contributed by atoms with Crippen LogP contribution in [0.3, 0.4) is 0 Å². The van der Waals surface area contributed by atoms with Crippen molar-refractivity contribution in [3.8, 4) is 6.07 Å². The summed E-state index contributed by atoms with van der Waals surface area (Å²) in [4.78, 5) is 33.3. The number of piperidine rings is 1. The summed E-state index contributed by atoms with van der Waals surface area (Å²) in [5.41, 5.74) is 1.86. The first-order valence-corrected chi connectivity index (χ1v) is 9.35. The number of carboxylic acid groups (broad SMARTS) is 1. The number of halogens is 3. The Kier molecular flexibility index (Phi) is 6.14. The van der Waals surface area contributed by atoms with E-state index in [9.17, 15) is 28.0 Å². The standard InChI is InChI=1S/C19H19F3N6O3/c1-10-6-12(26-17(29)16(19(20,21)22)27-18(30)31)9-28(8-10)13-3-2-11(7-23)14-15(13)25-5-4-24-14/h2-5,10,12,16,27H,6,8-9H2,1H3,(H,26,29)(H,30,31)/t10-,12+,16?/m0/s1. The van der Waals surface area contributed by atoms with Gasteiger partial charge in [0.2, 0.25) is 6.04 Å². The molecule has 0 aliphatic carbocycles. The van der Waals surface area contributed by atoms with E-state index in [1.165, 1.54) is 17.7 Å². The number of nitrogens with zero attached hydrogens (tertiary/aromatic N) is 4. The third-order valence-corrected chi connectivity index (χ3v) is 4.93. The van der Waals surface area contributed by atoms with Crippen LogP contribution in [0.15, 0.2) is 24.5 Å². The second-order valence-electron chi connectivity index (χ2n) is 7.37. The highest BCUT2D eigenvalue weighted by Gasteiger charge is 2.47. The molecule has 0 spiro atoms. The molecule has 1 aromatic heterocycles. The molecule has 2 amide bonds. The van der Waals surface area contributed by atoms with Gasteiger partial charge in [-0.15, -0.1) is 0 Å². The van der Waals surface area contributed by atoms with E-state index in [1.54, 1.807) is 12.1 Å². The molecule has 3 atom stereocenters. The van der Waals surface area contributed by atoms with Crippen LogP contribution in [0.2, 0.25) is 0 Å². The van der Waals surface area contributed by atoms with Crippen molar-refractivity contribution >= 4 is 28.7 Å². The van der Waals surface area contributed by atoms with Crippen LogP contribution in [-0.4, -0.2) is 58.4 Å². The summed E-state index contributed by atoms with van der Waals surface area (Å²) in [6.07, 6.45) is -3.66. The summed E-state index contributed by atoms with van der Waals surface area (Å²) in [5.74, 6) is -1.45. The summed E-state index contributed by atoms with van der Waals surface area (Å²) in [7, 11) is 0. The van der Waals surface area contributed by atoms with Gasteiger partial charge in [0.25, 0.3) is 5.91 Å². The van der Waals surface area contributed by atoms with Gasteiger partial charge in [0.05, 0.1) is 11.3 Å². The van der Waals surface area contributed by atoms with E-state index in [1.807, 2.05) is 17.9 Å². The summed E-state index contributed by atoms with van der Waals surface area (Å²) in [6.45, 7) is 2.63. The molecule has 1 aromatic carbocycles. The van der Waals surface area contributed by atoms with E-state index in [0.717, 1.165) is 0 Å². The predicted octanol–water partition coefficient (Wildman–Crippen LogP) is 2.03. The van der Waals surface area contributed by atoms with Gasteiger partial charge in [-0.05, 0) is 24.5 Å². The molecule has 12 heteroatoms. The molecule has 1 aliphatic heterocycles. The van der Waals surface area contributed by atoms with Crippen LogP contribution in [0.1, 0.15) is 18.9 Å². The second-order valence-corrected chi connectivity index (χ2v) is 7.37. The van der Waals surface area contributed by atoms with E-state index in [0.29, 0.717) is 35.2 Å². The molecule has 31 heavy (non-hydrogen) atoms. The first-order valence-electron chi connectivity index (χ1n) is 9.35. The molecule has 0 bridgehead atoms. The van der Waals surface area contributed by atoms with Gasteiger partial charge in [0.15, 0.2) is 0 Å². The number of hydrogen-bond acceptors (Lipinski definition) is 6.